The average molecular weight is 191 g/mol. The minimum absolute atomic E-state index is 0.420. The zero-order valence-electron chi connectivity index (χ0n) is 9.37. The second kappa shape index (κ2) is 3.90. The molecular weight excluding hydrogens is 170 g/mol. The predicted octanol–water partition coefficient (Wildman–Crippen LogP) is 2.85. The molecule has 1 aliphatic carbocycles. The molecule has 78 valence electrons. The fourth-order valence-electron chi connectivity index (χ4n) is 2.75. The fraction of sp³-hybridized carbons (Fsp3) is 0.692. The molecule has 2 aliphatic rings. The van der Waals surface area contributed by atoms with Gasteiger partial charge in [0.2, 0.25) is 0 Å². The molecule has 2 rings (SSSR count). The highest BCUT2D eigenvalue weighted by Crippen LogP contribution is 2.39. The molecule has 0 amide bonds. The van der Waals surface area contributed by atoms with Crippen LogP contribution in [0.3, 0.4) is 0 Å². The van der Waals surface area contributed by atoms with Crippen molar-refractivity contribution in [2.75, 3.05) is 20.1 Å². The van der Waals surface area contributed by atoms with Gasteiger partial charge in [-0.3, -0.25) is 0 Å². The molecule has 0 saturated carbocycles. The van der Waals surface area contributed by atoms with Gasteiger partial charge in [0.25, 0.3) is 0 Å². The number of hydrogen-bond acceptors (Lipinski definition) is 1. The summed E-state index contributed by atoms with van der Waals surface area (Å²) in [5.74, 6) is 0.849. The van der Waals surface area contributed by atoms with Gasteiger partial charge in [-0.05, 0) is 44.2 Å². The van der Waals surface area contributed by atoms with E-state index in [0.29, 0.717) is 5.41 Å². The maximum absolute atomic E-state index is 2.48. The fourth-order valence-corrected chi connectivity index (χ4v) is 2.75. The lowest BCUT2D eigenvalue weighted by Crippen LogP contribution is -2.40. The maximum atomic E-state index is 2.48. The second-order valence-electron chi connectivity index (χ2n) is 5.10. The van der Waals surface area contributed by atoms with Crippen molar-refractivity contribution >= 4 is 0 Å². The predicted molar refractivity (Wildman–Crippen MR) is 61.2 cm³/mol. The first kappa shape index (κ1) is 9.97. The van der Waals surface area contributed by atoms with E-state index >= 15 is 0 Å². The molecule has 14 heavy (non-hydrogen) atoms. The first-order valence-corrected chi connectivity index (χ1v) is 5.74. The lowest BCUT2D eigenvalue weighted by molar-refractivity contribution is 0.125. The highest BCUT2D eigenvalue weighted by Gasteiger charge is 2.33. The van der Waals surface area contributed by atoms with Crippen molar-refractivity contribution in [3.8, 4) is 0 Å². The molecule has 1 saturated heterocycles. The third-order valence-electron chi connectivity index (χ3n) is 3.84. The summed E-state index contributed by atoms with van der Waals surface area (Å²) in [7, 11) is 2.25. The molecule has 1 heteroatoms. The smallest absolute Gasteiger partial charge is 0.00149 e. The molecule has 2 unspecified atom stereocenters. The molecule has 0 spiro atoms. The quantitative estimate of drug-likeness (QED) is 0.616. The first-order valence-electron chi connectivity index (χ1n) is 5.74. The zero-order chi connectivity index (χ0) is 10.0. The Morgan fingerprint density at radius 1 is 1.36 bits per heavy atom. The van der Waals surface area contributed by atoms with Gasteiger partial charge in [-0.2, -0.15) is 0 Å². The number of allylic oxidation sites excluding steroid dienone is 4. The van der Waals surface area contributed by atoms with Crippen LogP contribution >= 0.6 is 0 Å². The van der Waals surface area contributed by atoms with E-state index in [2.05, 4.69) is 43.2 Å². The van der Waals surface area contributed by atoms with Crippen LogP contribution in [-0.4, -0.2) is 25.0 Å². The summed E-state index contributed by atoms with van der Waals surface area (Å²) in [6, 6.07) is 0. The largest absolute Gasteiger partial charge is 0.306 e. The Hall–Kier alpha value is -0.560. The monoisotopic (exact) mass is 191 g/mol. The standard InChI is InChI=1S/C13H21N/c1-13(8-4-3-5-9-13)12-7-6-10-14(2)11-12/h3-5,8,12H,6-7,9-11H2,1-2H3. The van der Waals surface area contributed by atoms with Crippen molar-refractivity contribution in [2.45, 2.75) is 26.2 Å². The summed E-state index contributed by atoms with van der Waals surface area (Å²) < 4.78 is 0. The summed E-state index contributed by atoms with van der Waals surface area (Å²) in [5.41, 5.74) is 0.420. The van der Waals surface area contributed by atoms with Gasteiger partial charge >= 0.3 is 0 Å². The first-order chi connectivity index (χ1) is 6.71. The van der Waals surface area contributed by atoms with E-state index < -0.39 is 0 Å². The van der Waals surface area contributed by atoms with Crippen LogP contribution in [0, 0.1) is 11.3 Å². The summed E-state index contributed by atoms with van der Waals surface area (Å²) in [4.78, 5) is 2.48. The normalized spacial score (nSPS) is 38.9. The molecule has 0 aromatic heterocycles. The molecule has 0 N–H and O–H groups in total. The Balaban J connectivity index is 2.05. The Kier molecular flexibility index (Phi) is 2.78. The molecule has 1 heterocycles. The minimum atomic E-state index is 0.420. The van der Waals surface area contributed by atoms with Crippen LogP contribution in [0.1, 0.15) is 26.2 Å². The third-order valence-corrected chi connectivity index (χ3v) is 3.84. The Labute approximate surface area is 87.5 Å². The highest BCUT2D eigenvalue weighted by molar-refractivity contribution is 5.17. The van der Waals surface area contributed by atoms with Crippen LogP contribution in [0.25, 0.3) is 0 Å². The minimum Gasteiger partial charge on any atom is -0.306 e. The summed E-state index contributed by atoms with van der Waals surface area (Å²) in [6.07, 6.45) is 13.1. The molecule has 1 nitrogen and oxygen atoms in total. The Morgan fingerprint density at radius 2 is 2.21 bits per heavy atom. The molecular formula is C13H21N. The number of hydrogen-bond donors (Lipinski definition) is 0. The topological polar surface area (TPSA) is 3.24 Å². The van der Waals surface area contributed by atoms with Gasteiger partial charge in [-0.15, -0.1) is 0 Å². The van der Waals surface area contributed by atoms with Gasteiger partial charge in [-0.25, -0.2) is 0 Å². The van der Waals surface area contributed by atoms with E-state index in [0.717, 1.165) is 5.92 Å². The maximum Gasteiger partial charge on any atom is 0.00149 e. The molecule has 1 aliphatic heterocycles. The van der Waals surface area contributed by atoms with Crippen molar-refractivity contribution in [1.82, 2.24) is 4.90 Å². The van der Waals surface area contributed by atoms with E-state index in [9.17, 15) is 0 Å². The number of likely N-dealkylation sites (tertiary alicyclic amines) is 1. The van der Waals surface area contributed by atoms with Crippen LogP contribution in [0.2, 0.25) is 0 Å². The van der Waals surface area contributed by atoms with E-state index in [1.165, 1.54) is 32.4 Å². The zero-order valence-corrected chi connectivity index (χ0v) is 9.37. The highest BCUT2D eigenvalue weighted by atomic mass is 15.1. The molecule has 1 fully saturated rings. The molecule has 0 aromatic rings. The lowest BCUT2D eigenvalue weighted by Gasteiger charge is -2.41. The van der Waals surface area contributed by atoms with E-state index in [1.807, 2.05) is 0 Å². The molecule has 0 aromatic carbocycles. The van der Waals surface area contributed by atoms with E-state index in [4.69, 9.17) is 0 Å². The van der Waals surface area contributed by atoms with Crippen molar-refractivity contribution < 1.29 is 0 Å². The van der Waals surface area contributed by atoms with Crippen LogP contribution in [0.4, 0.5) is 0 Å². The van der Waals surface area contributed by atoms with Crippen LogP contribution < -0.4 is 0 Å². The lowest BCUT2D eigenvalue weighted by atomic mass is 9.69. The van der Waals surface area contributed by atoms with E-state index in [-0.39, 0.29) is 0 Å². The number of piperidine rings is 1. The van der Waals surface area contributed by atoms with Gasteiger partial charge in [0.1, 0.15) is 0 Å². The Bertz CT molecular complexity index is 254. The molecule has 0 bridgehead atoms. The summed E-state index contributed by atoms with van der Waals surface area (Å²) in [6.45, 7) is 4.97. The van der Waals surface area contributed by atoms with Gasteiger partial charge in [0, 0.05) is 6.54 Å². The van der Waals surface area contributed by atoms with E-state index in [1.54, 1.807) is 0 Å². The summed E-state index contributed by atoms with van der Waals surface area (Å²) >= 11 is 0. The third kappa shape index (κ3) is 1.93. The van der Waals surface area contributed by atoms with Gasteiger partial charge in [0.05, 0.1) is 0 Å². The molecule has 2 atom stereocenters. The van der Waals surface area contributed by atoms with Crippen molar-refractivity contribution in [3.05, 3.63) is 24.3 Å². The van der Waals surface area contributed by atoms with Crippen LogP contribution in [-0.2, 0) is 0 Å². The van der Waals surface area contributed by atoms with Gasteiger partial charge in [0.15, 0.2) is 0 Å². The summed E-state index contributed by atoms with van der Waals surface area (Å²) in [5, 5.41) is 0. The average Bonchev–Trinajstić information content (AvgIpc) is 2.19. The number of rotatable bonds is 1. The second-order valence-corrected chi connectivity index (χ2v) is 5.10. The van der Waals surface area contributed by atoms with Gasteiger partial charge in [-0.1, -0.05) is 31.2 Å². The number of nitrogens with zero attached hydrogens (tertiary/aromatic N) is 1. The van der Waals surface area contributed by atoms with Crippen LogP contribution in [0.5, 0.6) is 0 Å². The van der Waals surface area contributed by atoms with Gasteiger partial charge < -0.3 is 4.90 Å². The van der Waals surface area contributed by atoms with Crippen molar-refractivity contribution in [2.24, 2.45) is 11.3 Å². The SMILES string of the molecule is CN1CCCC(C2(C)C=CC=CC2)C1. The van der Waals surface area contributed by atoms with Crippen molar-refractivity contribution in [3.63, 3.8) is 0 Å². The van der Waals surface area contributed by atoms with Crippen molar-refractivity contribution in [1.29, 1.82) is 0 Å². The van der Waals surface area contributed by atoms with Crippen LogP contribution in [0.15, 0.2) is 24.3 Å². The molecule has 0 radical (unpaired) electrons. The Morgan fingerprint density at radius 3 is 2.86 bits per heavy atom.